The topological polar surface area (TPSA) is 105 Å². The number of nitrogens with zero attached hydrogens (tertiary/aromatic N) is 4. The van der Waals surface area contributed by atoms with Gasteiger partial charge in [0.15, 0.2) is 9.84 Å². The lowest BCUT2D eigenvalue weighted by molar-refractivity contribution is 0.0985. The van der Waals surface area contributed by atoms with Crippen LogP contribution in [0.3, 0.4) is 0 Å². The zero-order valence-corrected chi connectivity index (χ0v) is 23.5. The number of carbonyl (C=O) groups is 1. The molecule has 0 saturated heterocycles. The van der Waals surface area contributed by atoms with Crippen molar-refractivity contribution < 1.29 is 22.0 Å². The molecule has 8 nitrogen and oxygen atoms in total. The third-order valence-electron chi connectivity index (χ3n) is 6.08. The standard InChI is InChI=1S/C29H23F2N5O3S2/c1-36(28(37)25-22(30)7-4-8-23(25)31)21-6-3-5-19(15-21)26-27(40-17-33-26)24-13-14-32-29(35-24)34-20-11-9-18(10-12-20)16-41(2,38)39/h3-15,17H,16H2,1-2H3,(H,32,34,35). The zero-order valence-electron chi connectivity index (χ0n) is 21.9. The molecule has 2 aromatic heterocycles. The van der Waals surface area contributed by atoms with E-state index >= 15 is 0 Å². The average molecular weight is 592 g/mol. The molecule has 0 spiro atoms. The molecule has 0 aliphatic heterocycles. The van der Waals surface area contributed by atoms with Gasteiger partial charge in [0.05, 0.1) is 27.5 Å². The second kappa shape index (κ2) is 11.5. The molecule has 3 aromatic carbocycles. The predicted octanol–water partition coefficient (Wildman–Crippen LogP) is 6.11. The third-order valence-corrected chi connectivity index (χ3v) is 7.79. The molecule has 0 atom stereocenters. The monoisotopic (exact) mass is 591 g/mol. The van der Waals surface area contributed by atoms with E-state index in [0.29, 0.717) is 39.8 Å². The Hall–Kier alpha value is -4.55. The van der Waals surface area contributed by atoms with Gasteiger partial charge in [-0.2, -0.15) is 0 Å². The molecule has 0 unspecified atom stereocenters. The van der Waals surface area contributed by atoms with Crippen LogP contribution in [0.15, 0.2) is 84.5 Å². The van der Waals surface area contributed by atoms with Crippen LogP contribution in [0.1, 0.15) is 15.9 Å². The molecule has 0 aliphatic carbocycles. The van der Waals surface area contributed by atoms with Crippen LogP contribution in [0, 0.1) is 11.6 Å². The molecule has 5 rings (SSSR count). The van der Waals surface area contributed by atoms with Gasteiger partial charge in [-0.25, -0.2) is 32.2 Å². The number of thiazole rings is 1. The van der Waals surface area contributed by atoms with Crippen molar-refractivity contribution in [2.24, 2.45) is 0 Å². The van der Waals surface area contributed by atoms with Gasteiger partial charge in [-0.1, -0.05) is 30.3 Å². The van der Waals surface area contributed by atoms with E-state index in [1.807, 2.05) is 6.07 Å². The van der Waals surface area contributed by atoms with Crippen molar-refractivity contribution in [3.05, 3.63) is 107 Å². The number of benzene rings is 3. The number of anilines is 3. The van der Waals surface area contributed by atoms with Gasteiger partial charge in [-0.15, -0.1) is 11.3 Å². The smallest absolute Gasteiger partial charge is 0.263 e. The van der Waals surface area contributed by atoms with E-state index in [-0.39, 0.29) is 5.75 Å². The summed E-state index contributed by atoms with van der Waals surface area (Å²) in [4.78, 5) is 28.3. The second-order valence-electron chi connectivity index (χ2n) is 9.20. The van der Waals surface area contributed by atoms with Gasteiger partial charge < -0.3 is 10.2 Å². The van der Waals surface area contributed by atoms with Crippen LogP contribution in [-0.2, 0) is 15.6 Å². The molecule has 0 fully saturated rings. The number of carbonyl (C=O) groups excluding carboxylic acids is 1. The third kappa shape index (κ3) is 6.44. The highest BCUT2D eigenvalue weighted by Gasteiger charge is 2.22. The van der Waals surface area contributed by atoms with Gasteiger partial charge in [-0.05, 0) is 48.0 Å². The first-order chi connectivity index (χ1) is 19.6. The maximum Gasteiger partial charge on any atom is 0.263 e. The van der Waals surface area contributed by atoms with E-state index in [2.05, 4.69) is 20.3 Å². The first-order valence-electron chi connectivity index (χ1n) is 12.2. The molecule has 0 bridgehead atoms. The molecule has 5 aromatic rings. The van der Waals surface area contributed by atoms with E-state index in [0.717, 1.165) is 17.0 Å². The predicted molar refractivity (Wildman–Crippen MR) is 156 cm³/mol. The minimum atomic E-state index is -3.13. The Morgan fingerprint density at radius 1 is 0.976 bits per heavy atom. The van der Waals surface area contributed by atoms with Crippen molar-refractivity contribution in [3.63, 3.8) is 0 Å². The largest absolute Gasteiger partial charge is 0.324 e. The minimum Gasteiger partial charge on any atom is -0.324 e. The summed E-state index contributed by atoms with van der Waals surface area (Å²) in [5.74, 6) is -2.38. The van der Waals surface area contributed by atoms with E-state index in [4.69, 9.17) is 0 Å². The molecule has 0 radical (unpaired) electrons. The molecule has 1 amide bonds. The summed E-state index contributed by atoms with van der Waals surface area (Å²) in [6.07, 6.45) is 2.80. The van der Waals surface area contributed by atoms with Gasteiger partial charge in [-0.3, -0.25) is 4.79 Å². The maximum atomic E-state index is 14.2. The highest BCUT2D eigenvalue weighted by molar-refractivity contribution is 7.89. The van der Waals surface area contributed by atoms with Crippen molar-refractivity contribution in [2.75, 3.05) is 23.5 Å². The van der Waals surface area contributed by atoms with Crippen LogP contribution >= 0.6 is 11.3 Å². The Balaban J connectivity index is 1.39. The fourth-order valence-electron chi connectivity index (χ4n) is 4.14. The van der Waals surface area contributed by atoms with E-state index < -0.39 is 32.9 Å². The molecule has 208 valence electrons. The Morgan fingerprint density at radius 3 is 2.39 bits per heavy atom. The van der Waals surface area contributed by atoms with Crippen molar-refractivity contribution in [3.8, 4) is 21.8 Å². The fraction of sp³-hybridized carbons (Fsp3) is 0.103. The number of aromatic nitrogens is 3. The summed E-state index contributed by atoms with van der Waals surface area (Å²) >= 11 is 1.38. The normalized spacial score (nSPS) is 11.3. The first kappa shape index (κ1) is 28.0. The Kier molecular flexibility index (Phi) is 7.86. The van der Waals surface area contributed by atoms with Crippen molar-refractivity contribution in [1.82, 2.24) is 15.0 Å². The number of halogens is 2. The quantitative estimate of drug-likeness (QED) is 0.232. The Morgan fingerprint density at radius 2 is 1.68 bits per heavy atom. The number of nitrogens with one attached hydrogen (secondary N) is 1. The number of rotatable bonds is 8. The minimum absolute atomic E-state index is 0.0431. The molecule has 2 heterocycles. The average Bonchev–Trinajstić information content (AvgIpc) is 3.43. The molecule has 41 heavy (non-hydrogen) atoms. The maximum absolute atomic E-state index is 14.2. The summed E-state index contributed by atoms with van der Waals surface area (Å²) in [6, 6.07) is 18.9. The van der Waals surface area contributed by atoms with Crippen LogP contribution in [0.4, 0.5) is 26.1 Å². The summed E-state index contributed by atoms with van der Waals surface area (Å²) in [5.41, 5.74) is 4.76. The van der Waals surface area contributed by atoms with Crippen LogP contribution in [0.25, 0.3) is 21.8 Å². The summed E-state index contributed by atoms with van der Waals surface area (Å²) in [5, 5.41) is 3.12. The number of hydrogen-bond acceptors (Lipinski definition) is 8. The molecular weight excluding hydrogens is 568 g/mol. The fourth-order valence-corrected chi connectivity index (χ4v) is 5.72. The van der Waals surface area contributed by atoms with Crippen molar-refractivity contribution in [2.45, 2.75) is 5.75 Å². The van der Waals surface area contributed by atoms with E-state index in [1.54, 1.807) is 60.2 Å². The number of sulfone groups is 1. The summed E-state index contributed by atoms with van der Waals surface area (Å²) in [6.45, 7) is 0. The van der Waals surface area contributed by atoms with Crippen LogP contribution in [-0.4, -0.2) is 42.6 Å². The Labute approximate surface area is 239 Å². The highest BCUT2D eigenvalue weighted by Crippen LogP contribution is 2.35. The summed E-state index contributed by atoms with van der Waals surface area (Å²) in [7, 11) is -1.68. The summed E-state index contributed by atoms with van der Waals surface area (Å²) < 4.78 is 51.5. The second-order valence-corrected chi connectivity index (χ2v) is 12.2. The van der Waals surface area contributed by atoms with Crippen LogP contribution < -0.4 is 10.2 Å². The van der Waals surface area contributed by atoms with Crippen molar-refractivity contribution >= 4 is 44.4 Å². The number of amides is 1. The lowest BCUT2D eigenvalue weighted by Gasteiger charge is -2.19. The van der Waals surface area contributed by atoms with Crippen LogP contribution in [0.2, 0.25) is 0 Å². The van der Waals surface area contributed by atoms with Gasteiger partial charge in [0.2, 0.25) is 5.95 Å². The van der Waals surface area contributed by atoms with Gasteiger partial charge >= 0.3 is 0 Å². The molecule has 1 N–H and O–H groups in total. The lowest BCUT2D eigenvalue weighted by Crippen LogP contribution is -2.28. The van der Waals surface area contributed by atoms with Crippen molar-refractivity contribution in [1.29, 1.82) is 0 Å². The SMILES string of the molecule is CN(C(=O)c1c(F)cccc1F)c1cccc(-c2ncsc2-c2ccnc(Nc3ccc(CS(C)(=O)=O)cc3)n2)c1. The van der Waals surface area contributed by atoms with Gasteiger partial charge in [0.25, 0.3) is 5.91 Å². The van der Waals surface area contributed by atoms with Gasteiger partial charge in [0, 0.05) is 36.4 Å². The van der Waals surface area contributed by atoms with E-state index in [1.165, 1.54) is 35.6 Å². The molecular formula is C29H23F2N5O3S2. The highest BCUT2D eigenvalue weighted by atomic mass is 32.2. The Bertz CT molecular complexity index is 1820. The number of hydrogen-bond donors (Lipinski definition) is 1. The van der Waals surface area contributed by atoms with Crippen LogP contribution in [0.5, 0.6) is 0 Å². The molecule has 0 aliphatic rings. The zero-order chi connectivity index (χ0) is 29.1. The lowest BCUT2D eigenvalue weighted by atomic mass is 10.1. The molecule has 0 saturated carbocycles. The molecule has 12 heteroatoms. The first-order valence-corrected chi connectivity index (χ1v) is 15.2. The van der Waals surface area contributed by atoms with E-state index in [9.17, 15) is 22.0 Å². The van der Waals surface area contributed by atoms with Gasteiger partial charge in [0.1, 0.15) is 17.2 Å².